The van der Waals surface area contributed by atoms with Gasteiger partial charge in [0, 0.05) is 35.0 Å². The molecule has 1 aliphatic heterocycles. The summed E-state index contributed by atoms with van der Waals surface area (Å²) in [4.78, 5) is 18.2. The molecule has 21 heavy (non-hydrogen) atoms. The topological polar surface area (TPSA) is 67.3 Å². The predicted molar refractivity (Wildman–Crippen MR) is 88.6 cm³/mol. The van der Waals surface area contributed by atoms with E-state index < -0.39 is 9.05 Å². The SMILES string of the molecule is CC(C)(C)c1nc(N2CC(CS(=O)(=O)Cl)CC2=O)sc1Br. The molecule has 0 saturated carbocycles. The van der Waals surface area contributed by atoms with Gasteiger partial charge in [-0.2, -0.15) is 0 Å². The number of aromatic nitrogens is 1. The second kappa shape index (κ2) is 5.79. The van der Waals surface area contributed by atoms with E-state index in [1.807, 2.05) is 20.8 Å². The Morgan fingerprint density at radius 1 is 1.48 bits per heavy atom. The van der Waals surface area contributed by atoms with Crippen molar-refractivity contribution in [1.82, 2.24) is 4.98 Å². The first kappa shape index (κ1) is 17.2. The highest BCUT2D eigenvalue weighted by molar-refractivity contribution is 9.11. The number of anilines is 1. The third-order valence-electron chi connectivity index (χ3n) is 3.16. The summed E-state index contributed by atoms with van der Waals surface area (Å²) < 4.78 is 23.2. The Morgan fingerprint density at radius 3 is 2.57 bits per heavy atom. The first-order chi connectivity index (χ1) is 9.47. The summed E-state index contributed by atoms with van der Waals surface area (Å²) in [6.07, 6.45) is 0.188. The minimum absolute atomic E-state index is 0.109. The van der Waals surface area contributed by atoms with Crippen molar-refractivity contribution in [2.24, 2.45) is 5.92 Å². The van der Waals surface area contributed by atoms with Gasteiger partial charge < -0.3 is 0 Å². The van der Waals surface area contributed by atoms with Crippen molar-refractivity contribution in [3.63, 3.8) is 0 Å². The van der Waals surface area contributed by atoms with Crippen LogP contribution in [0, 0.1) is 5.92 Å². The van der Waals surface area contributed by atoms with Crippen LogP contribution in [0.3, 0.4) is 0 Å². The Hall–Kier alpha value is -0.180. The van der Waals surface area contributed by atoms with Crippen molar-refractivity contribution in [2.45, 2.75) is 32.6 Å². The molecule has 1 aromatic rings. The Labute approximate surface area is 141 Å². The van der Waals surface area contributed by atoms with Gasteiger partial charge in [-0.1, -0.05) is 32.1 Å². The molecule has 0 bridgehead atoms. The Kier molecular flexibility index (Phi) is 4.74. The van der Waals surface area contributed by atoms with Gasteiger partial charge in [0.15, 0.2) is 5.13 Å². The van der Waals surface area contributed by atoms with Crippen molar-refractivity contribution in [2.75, 3.05) is 17.2 Å². The van der Waals surface area contributed by atoms with E-state index in [1.165, 1.54) is 11.3 Å². The van der Waals surface area contributed by atoms with Crippen LogP contribution in [0.15, 0.2) is 3.79 Å². The molecule has 0 spiro atoms. The number of amides is 1. The van der Waals surface area contributed by atoms with Crippen molar-refractivity contribution < 1.29 is 13.2 Å². The fourth-order valence-corrected chi connectivity index (χ4v) is 5.70. The highest BCUT2D eigenvalue weighted by Crippen LogP contribution is 2.39. The smallest absolute Gasteiger partial charge is 0.232 e. The van der Waals surface area contributed by atoms with Gasteiger partial charge in [-0.05, 0) is 15.9 Å². The van der Waals surface area contributed by atoms with Crippen LogP contribution < -0.4 is 4.90 Å². The number of halogens is 2. The van der Waals surface area contributed by atoms with Crippen molar-refractivity contribution in [3.8, 4) is 0 Å². The largest absolute Gasteiger partial charge is 0.288 e. The molecule has 1 atom stereocenters. The van der Waals surface area contributed by atoms with Gasteiger partial charge in [-0.15, -0.1) is 0 Å². The lowest BCUT2D eigenvalue weighted by Crippen LogP contribution is -2.25. The molecular weight excluding hydrogens is 400 g/mol. The minimum Gasteiger partial charge on any atom is -0.288 e. The average Bonchev–Trinajstić information content (AvgIpc) is 2.78. The summed E-state index contributed by atoms with van der Waals surface area (Å²) in [6, 6.07) is 0. The Morgan fingerprint density at radius 2 is 2.10 bits per heavy atom. The van der Waals surface area contributed by atoms with Gasteiger partial charge in [-0.3, -0.25) is 9.69 Å². The molecule has 2 rings (SSSR count). The van der Waals surface area contributed by atoms with Gasteiger partial charge >= 0.3 is 0 Å². The van der Waals surface area contributed by atoms with Crippen LogP contribution in [0.4, 0.5) is 5.13 Å². The van der Waals surface area contributed by atoms with E-state index >= 15 is 0 Å². The molecule has 0 radical (unpaired) electrons. The molecule has 1 saturated heterocycles. The molecule has 9 heteroatoms. The van der Waals surface area contributed by atoms with E-state index in [1.54, 1.807) is 4.90 Å². The first-order valence-electron chi connectivity index (χ1n) is 6.37. The molecular formula is C12H16BrClN2O3S2. The van der Waals surface area contributed by atoms with Crippen LogP contribution in [0.1, 0.15) is 32.9 Å². The molecule has 1 aliphatic rings. The third kappa shape index (κ3) is 4.18. The second-order valence-corrected chi connectivity index (χ2v) is 11.3. The fraction of sp³-hybridized carbons (Fsp3) is 0.667. The molecule has 5 nitrogen and oxygen atoms in total. The number of carbonyl (C=O) groups is 1. The number of rotatable bonds is 3. The van der Waals surface area contributed by atoms with Crippen LogP contribution in [-0.4, -0.2) is 31.6 Å². The van der Waals surface area contributed by atoms with Gasteiger partial charge in [0.25, 0.3) is 0 Å². The van der Waals surface area contributed by atoms with Gasteiger partial charge in [-0.25, -0.2) is 13.4 Å². The third-order valence-corrected chi connectivity index (χ3v) is 6.13. The molecule has 0 N–H and O–H groups in total. The molecule has 1 aromatic heterocycles. The molecule has 1 unspecified atom stereocenters. The molecule has 0 aliphatic carbocycles. The standard InChI is InChI=1S/C12H16BrClN2O3S2/c1-12(2,3)9-10(13)20-11(15-9)16-5-7(4-8(16)17)6-21(14,18)19/h7H,4-6H2,1-3H3. The monoisotopic (exact) mass is 414 g/mol. The zero-order valence-corrected chi connectivity index (χ0v) is 15.9. The predicted octanol–water partition coefficient (Wildman–Crippen LogP) is 3.12. The summed E-state index contributed by atoms with van der Waals surface area (Å²) in [5.74, 6) is -0.571. The lowest BCUT2D eigenvalue weighted by Gasteiger charge is -2.16. The number of thiazole rings is 1. The summed E-state index contributed by atoms with van der Waals surface area (Å²) >= 11 is 4.88. The van der Waals surface area contributed by atoms with Crippen molar-refractivity contribution in [1.29, 1.82) is 0 Å². The summed E-state index contributed by atoms with van der Waals surface area (Å²) in [7, 11) is 1.67. The average molecular weight is 416 g/mol. The lowest BCUT2D eigenvalue weighted by molar-refractivity contribution is -0.117. The van der Waals surface area contributed by atoms with Gasteiger partial charge in [0.2, 0.25) is 15.0 Å². The molecule has 1 amide bonds. The summed E-state index contributed by atoms with van der Waals surface area (Å²) in [5, 5.41) is 0.603. The number of hydrogen-bond donors (Lipinski definition) is 0. The van der Waals surface area contributed by atoms with Crippen LogP contribution in [-0.2, 0) is 19.3 Å². The number of nitrogens with zero attached hydrogens (tertiary/aromatic N) is 2. The summed E-state index contributed by atoms with van der Waals surface area (Å²) in [6.45, 7) is 6.48. The van der Waals surface area contributed by atoms with Gasteiger partial charge in [0.1, 0.15) is 0 Å². The van der Waals surface area contributed by atoms with Gasteiger partial charge in [0.05, 0.1) is 15.2 Å². The maximum atomic E-state index is 12.1. The molecule has 118 valence electrons. The molecule has 0 aromatic carbocycles. The molecule has 2 heterocycles. The first-order valence-corrected chi connectivity index (χ1v) is 10.5. The normalized spacial score (nSPS) is 20.3. The van der Waals surface area contributed by atoms with E-state index in [9.17, 15) is 13.2 Å². The lowest BCUT2D eigenvalue weighted by atomic mass is 9.93. The zero-order chi connectivity index (χ0) is 16.0. The van der Waals surface area contributed by atoms with Crippen molar-refractivity contribution >= 4 is 58.0 Å². The van der Waals surface area contributed by atoms with Crippen LogP contribution in [0.25, 0.3) is 0 Å². The van der Waals surface area contributed by atoms with E-state index in [0.717, 1.165) is 9.48 Å². The zero-order valence-electron chi connectivity index (χ0n) is 11.9. The van der Waals surface area contributed by atoms with Crippen LogP contribution in [0.5, 0.6) is 0 Å². The van der Waals surface area contributed by atoms with Crippen LogP contribution >= 0.6 is 37.9 Å². The Bertz CT molecular complexity index is 667. The maximum Gasteiger partial charge on any atom is 0.232 e. The van der Waals surface area contributed by atoms with Crippen LogP contribution in [0.2, 0.25) is 0 Å². The quantitative estimate of drug-likeness (QED) is 0.711. The van der Waals surface area contributed by atoms with E-state index in [2.05, 4.69) is 20.9 Å². The number of carbonyl (C=O) groups excluding carboxylic acids is 1. The highest BCUT2D eigenvalue weighted by atomic mass is 79.9. The van der Waals surface area contributed by atoms with E-state index in [0.29, 0.717) is 11.7 Å². The van der Waals surface area contributed by atoms with E-state index in [4.69, 9.17) is 10.7 Å². The fourth-order valence-electron chi connectivity index (χ4n) is 2.23. The van der Waals surface area contributed by atoms with Crippen molar-refractivity contribution in [3.05, 3.63) is 9.48 Å². The Balaban J connectivity index is 2.22. The maximum absolute atomic E-state index is 12.1. The molecule has 1 fully saturated rings. The highest BCUT2D eigenvalue weighted by Gasteiger charge is 2.35. The minimum atomic E-state index is -3.60. The number of hydrogen-bond acceptors (Lipinski definition) is 5. The second-order valence-electron chi connectivity index (χ2n) is 6.15. The van der Waals surface area contributed by atoms with E-state index in [-0.39, 0.29) is 29.4 Å². The summed E-state index contributed by atoms with van der Waals surface area (Å²) in [5.41, 5.74) is 0.763.